The largest absolute Gasteiger partial charge is 0.444 e. The van der Waals surface area contributed by atoms with Crippen molar-refractivity contribution in [3.05, 3.63) is 34.8 Å². The Bertz CT molecular complexity index is 606. The molecular formula is C22H37FN2O2. The third-order valence-electron chi connectivity index (χ3n) is 5.22. The van der Waals surface area contributed by atoms with Gasteiger partial charge in [0, 0.05) is 31.9 Å². The van der Waals surface area contributed by atoms with Crippen LogP contribution in [0.5, 0.6) is 0 Å². The SMILES string of the molecule is CC/C(C)=C(C)/C=C\C(F)=C(/C)N(C)C1CCN(C(=O)OC(C)(C)C)CC1. The molecule has 0 radical (unpaired) electrons. The van der Waals surface area contributed by atoms with Gasteiger partial charge in [-0.05, 0) is 66.9 Å². The number of amides is 1. The van der Waals surface area contributed by atoms with E-state index in [1.165, 1.54) is 5.57 Å². The van der Waals surface area contributed by atoms with Crippen molar-refractivity contribution in [2.75, 3.05) is 20.1 Å². The maximum absolute atomic E-state index is 14.6. The molecule has 0 atom stereocenters. The van der Waals surface area contributed by atoms with E-state index in [2.05, 4.69) is 13.8 Å². The first-order valence-corrected chi connectivity index (χ1v) is 9.87. The fourth-order valence-electron chi connectivity index (χ4n) is 2.94. The molecule has 5 heteroatoms. The summed E-state index contributed by atoms with van der Waals surface area (Å²) in [7, 11) is 1.93. The van der Waals surface area contributed by atoms with Crippen LogP contribution < -0.4 is 0 Å². The van der Waals surface area contributed by atoms with Gasteiger partial charge in [-0.2, -0.15) is 0 Å². The molecule has 0 aliphatic carbocycles. The molecule has 1 fully saturated rings. The van der Waals surface area contributed by atoms with Crippen molar-refractivity contribution in [3.8, 4) is 0 Å². The number of halogens is 1. The Balaban J connectivity index is 2.69. The fraction of sp³-hybridized carbons (Fsp3) is 0.682. The summed E-state index contributed by atoms with van der Waals surface area (Å²) in [6, 6.07) is 0.219. The maximum Gasteiger partial charge on any atom is 0.410 e. The molecule has 27 heavy (non-hydrogen) atoms. The van der Waals surface area contributed by atoms with Crippen molar-refractivity contribution in [2.45, 2.75) is 79.4 Å². The van der Waals surface area contributed by atoms with Crippen molar-refractivity contribution in [2.24, 2.45) is 0 Å². The Morgan fingerprint density at radius 2 is 1.74 bits per heavy atom. The normalized spacial score (nSPS) is 18.3. The van der Waals surface area contributed by atoms with Gasteiger partial charge < -0.3 is 14.5 Å². The summed E-state index contributed by atoms with van der Waals surface area (Å²) < 4.78 is 20.0. The van der Waals surface area contributed by atoms with E-state index >= 15 is 0 Å². The minimum absolute atomic E-state index is 0.213. The van der Waals surface area contributed by atoms with Gasteiger partial charge in [-0.25, -0.2) is 9.18 Å². The lowest BCUT2D eigenvalue weighted by atomic mass is 10.0. The lowest BCUT2D eigenvalue weighted by Gasteiger charge is -2.38. The number of hydrogen-bond acceptors (Lipinski definition) is 3. The lowest BCUT2D eigenvalue weighted by Crippen LogP contribution is -2.46. The van der Waals surface area contributed by atoms with Crippen molar-refractivity contribution in [1.82, 2.24) is 9.80 Å². The number of carbonyl (C=O) groups excluding carboxylic acids is 1. The summed E-state index contributed by atoms with van der Waals surface area (Å²) in [5.41, 5.74) is 2.51. The van der Waals surface area contributed by atoms with Crippen LogP contribution in [0.25, 0.3) is 0 Å². The van der Waals surface area contributed by atoms with Gasteiger partial charge in [-0.15, -0.1) is 0 Å². The Morgan fingerprint density at radius 3 is 2.22 bits per heavy atom. The molecular weight excluding hydrogens is 343 g/mol. The molecule has 1 amide bonds. The van der Waals surface area contributed by atoms with Crippen molar-refractivity contribution < 1.29 is 13.9 Å². The number of ether oxygens (including phenoxy) is 1. The zero-order valence-corrected chi connectivity index (χ0v) is 18.4. The Kier molecular flexibility index (Phi) is 8.58. The fourth-order valence-corrected chi connectivity index (χ4v) is 2.94. The van der Waals surface area contributed by atoms with Crippen LogP contribution in [0.4, 0.5) is 9.18 Å². The highest BCUT2D eigenvalue weighted by Gasteiger charge is 2.28. The van der Waals surface area contributed by atoms with E-state index in [1.54, 1.807) is 11.0 Å². The minimum atomic E-state index is -0.484. The molecule has 154 valence electrons. The number of hydrogen-bond donors (Lipinski definition) is 0. The van der Waals surface area contributed by atoms with Crippen molar-refractivity contribution in [3.63, 3.8) is 0 Å². The zero-order valence-electron chi connectivity index (χ0n) is 18.4. The van der Waals surface area contributed by atoms with E-state index in [-0.39, 0.29) is 18.0 Å². The number of allylic oxidation sites excluding steroid dienone is 6. The zero-order chi connectivity index (χ0) is 20.8. The molecule has 1 saturated heterocycles. The smallest absolute Gasteiger partial charge is 0.410 e. The Morgan fingerprint density at radius 1 is 1.19 bits per heavy atom. The molecule has 0 N–H and O–H groups in total. The number of likely N-dealkylation sites (tertiary alicyclic amines) is 1. The van der Waals surface area contributed by atoms with E-state index in [0.717, 1.165) is 24.8 Å². The highest BCUT2D eigenvalue weighted by atomic mass is 19.1. The predicted molar refractivity (Wildman–Crippen MR) is 110 cm³/mol. The molecule has 0 saturated carbocycles. The minimum Gasteiger partial charge on any atom is -0.444 e. The van der Waals surface area contributed by atoms with Gasteiger partial charge >= 0.3 is 6.09 Å². The summed E-state index contributed by atoms with van der Waals surface area (Å²) in [4.78, 5) is 15.9. The molecule has 1 aliphatic rings. The summed E-state index contributed by atoms with van der Waals surface area (Å²) >= 11 is 0. The van der Waals surface area contributed by atoms with Crippen LogP contribution in [-0.4, -0.2) is 47.7 Å². The third kappa shape index (κ3) is 7.39. The highest BCUT2D eigenvalue weighted by molar-refractivity contribution is 5.68. The highest BCUT2D eigenvalue weighted by Crippen LogP contribution is 2.23. The van der Waals surface area contributed by atoms with E-state index in [4.69, 9.17) is 4.74 Å². The third-order valence-corrected chi connectivity index (χ3v) is 5.22. The molecule has 0 aromatic carbocycles. The van der Waals surface area contributed by atoms with Gasteiger partial charge in [-0.3, -0.25) is 0 Å². The maximum atomic E-state index is 14.6. The second-order valence-electron chi connectivity index (χ2n) is 8.39. The van der Waals surface area contributed by atoms with Gasteiger partial charge in [0.25, 0.3) is 0 Å². The van der Waals surface area contributed by atoms with Crippen LogP contribution in [0, 0.1) is 0 Å². The van der Waals surface area contributed by atoms with E-state index in [9.17, 15) is 9.18 Å². The van der Waals surface area contributed by atoms with Crippen LogP contribution in [-0.2, 0) is 4.74 Å². The van der Waals surface area contributed by atoms with Gasteiger partial charge in [-0.1, -0.05) is 24.1 Å². The molecule has 0 aromatic rings. The molecule has 0 spiro atoms. The van der Waals surface area contributed by atoms with Crippen LogP contribution >= 0.6 is 0 Å². The average molecular weight is 381 g/mol. The van der Waals surface area contributed by atoms with E-state index in [0.29, 0.717) is 18.8 Å². The van der Waals surface area contributed by atoms with Crippen molar-refractivity contribution >= 4 is 6.09 Å². The van der Waals surface area contributed by atoms with Crippen molar-refractivity contribution in [1.29, 1.82) is 0 Å². The van der Waals surface area contributed by atoms with E-state index in [1.807, 2.05) is 52.6 Å². The molecule has 0 unspecified atom stereocenters. The van der Waals surface area contributed by atoms with Crippen LogP contribution in [0.3, 0.4) is 0 Å². The number of nitrogens with zero attached hydrogens (tertiary/aromatic N) is 2. The quantitative estimate of drug-likeness (QED) is 0.563. The predicted octanol–water partition coefficient (Wildman–Crippen LogP) is 5.82. The molecule has 4 nitrogen and oxygen atoms in total. The molecule has 1 aliphatic heterocycles. The second-order valence-corrected chi connectivity index (χ2v) is 8.39. The topological polar surface area (TPSA) is 32.8 Å². The van der Waals surface area contributed by atoms with Crippen LogP contribution in [0.15, 0.2) is 34.8 Å². The first kappa shape index (κ1) is 23.3. The van der Waals surface area contributed by atoms with Gasteiger partial charge in [0.15, 0.2) is 0 Å². The first-order chi connectivity index (χ1) is 12.5. The number of rotatable bonds is 5. The summed E-state index contributed by atoms with van der Waals surface area (Å²) in [5.74, 6) is -0.213. The molecule has 0 bridgehead atoms. The Hall–Kier alpha value is -1.78. The summed E-state index contributed by atoms with van der Waals surface area (Å²) in [5, 5.41) is 0. The average Bonchev–Trinajstić information content (AvgIpc) is 2.62. The summed E-state index contributed by atoms with van der Waals surface area (Å²) in [6.07, 6.45) is 5.71. The van der Waals surface area contributed by atoms with Gasteiger partial charge in [0.1, 0.15) is 11.4 Å². The van der Waals surface area contributed by atoms with Crippen LogP contribution in [0.2, 0.25) is 0 Å². The number of piperidine rings is 1. The summed E-state index contributed by atoms with van der Waals surface area (Å²) in [6.45, 7) is 14.9. The number of carbonyl (C=O) groups is 1. The molecule has 0 aromatic heterocycles. The Labute approximate surface area is 164 Å². The van der Waals surface area contributed by atoms with Crippen LogP contribution in [0.1, 0.15) is 67.7 Å². The van der Waals surface area contributed by atoms with Gasteiger partial charge in [0.2, 0.25) is 0 Å². The second kappa shape index (κ2) is 9.95. The van der Waals surface area contributed by atoms with E-state index < -0.39 is 5.60 Å². The monoisotopic (exact) mass is 380 g/mol. The first-order valence-electron chi connectivity index (χ1n) is 9.87. The molecule has 1 heterocycles. The lowest BCUT2D eigenvalue weighted by molar-refractivity contribution is 0.0169. The molecule has 1 rings (SSSR count). The van der Waals surface area contributed by atoms with Gasteiger partial charge in [0.05, 0.1) is 0 Å². The standard InChI is InChI=1S/C22H37FN2O2/c1-9-16(2)17(3)10-11-20(23)18(4)24(8)19-12-14-25(15-13-19)21(26)27-22(5,6)7/h10-11,19H,9,12-15H2,1-8H3/b11-10-,17-16+,20-18-.